The van der Waals surface area contributed by atoms with Crippen molar-refractivity contribution in [3.63, 3.8) is 0 Å². The first kappa shape index (κ1) is 12.1. The van der Waals surface area contributed by atoms with Crippen LogP contribution in [-0.4, -0.2) is 15.6 Å². The molecule has 0 aromatic carbocycles. The summed E-state index contributed by atoms with van der Waals surface area (Å²) in [6.07, 6.45) is 3.90. The second-order valence-corrected chi connectivity index (χ2v) is 5.50. The molecule has 1 unspecified atom stereocenters. The third kappa shape index (κ3) is 2.98. The molecule has 0 saturated carbocycles. The highest BCUT2D eigenvalue weighted by atomic mass is 15.2. The van der Waals surface area contributed by atoms with Gasteiger partial charge in [0.05, 0.1) is 0 Å². The summed E-state index contributed by atoms with van der Waals surface area (Å²) in [6.45, 7) is 13.2. The largest absolute Gasteiger partial charge is 0.353 e. The van der Waals surface area contributed by atoms with Gasteiger partial charge in [-0.3, -0.25) is 0 Å². The Morgan fingerprint density at radius 1 is 1.27 bits per heavy atom. The zero-order chi connectivity index (χ0) is 11.6. The zero-order valence-electron chi connectivity index (χ0n) is 10.7. The molecule has 0 spiro atoms. The lowest BCUT2D eigenvalue weighted by atomic mass is 9.88. The van der Waals surface area contributed by atoms with Crippen molar-refractivity contribution in [3.8, 4) is 0 Å². The van der Waals surface area contributed by atoms with Gasteiger partial charge in [-0.25, -0.2) is 4.98 Å². The van der Waals surface area contributed by atoms with Gasteiger partial charge in [0.15, 0.2) is 0 Å². The van der Waals surface area contributed by atoms with Crippen LogP contribution in [0.4, 0.5) is 5.95 Å². The molecule has 3 heteroatoms. The first-order valence-corrected chi connectivity index (χ1v) is 5.61. The quantitative estimate of drug-likeness (QED) is 0.827. The number of nitrogens with zero attached hydrogens (tertiary/aromatic N) is 2. The molecule has 1 N–H and O–H groups in total. The van der Waals surface area contributed by atoms with Crippen LogP contribution >= 0.6 is 0 Å². The van der Waals surface area contributed by atoms with Crippen LogP contribution in [0.5, 0.6) is 0 Å². The van der Waals surface area contributed by atoms with Crippen molar-refractivity contribution >= 4 is 5.95 Å². The topological polar surface area (TPSA) is 29.9 Å². The number of nitrogens with one attached hydrogen (secondary N) is 1. The standard InChI is InChI=1S/C12H23N3/c1-9(2)14-11-13-7-8-15(11)10(3)12(4,5)6/h7-10H,1-6H3,(H,13,14). The Hall–Kier alpha value is -0.990. The second-order valence-electron chi connectivity index (χ2n) is 5.50. The summed E-state index contributed by atoms with van der Waals surface area (Å²) in [6, 6.07) is 0.847. The molecule has 0 fully saturated rings. The van der Waals surface area contributed by atoms with Gasteiger partial charge in [0.2, 0.25) is 5.95 Å². The summed E-state index contributed by atoms with van der Waals surface area (Å²) in [5, 5.41) is 3.36. The fourth-order valence-electron chi connectivity index (χ4n) is 1.41. The fourth-order valence-corrected chi connectivity index (χ4v) is 1.41. The average Bonchev–Trinajstić information content (AvgIpc) is 2.48. The summed E-state index contributed by atoms with van der Waals surface area (Å²) in [4.78, 5) is 4.34. The number of hydrogen-bond acceptors (Lipinski definition) is 2. The van der Waals surface area contributed by atoms with Crippen LogP contribution in [0.15, 0.2) is 12.4 Å². The molecule has 1 aromatic rings. The van der Waals surface area contributed by atoms with E-state index in [1.54, 1.807) is 0 Å². The molecule has 0 aliphatic heterocycles. The molecule has 0 amide bonds. The summed E-state index contributed by atoms with van der Waals surface area (Å²) in [7, 11) is 0. The third-order valence-electron chi connectivity index (χ3n) is 2.76. The molecule has 0 radical (unpaired) electrons. The Kier molecular flexibility index (Phi) is 3.42. The maximum atomic E-state index is 4.34. The molecule has 1 heterocycles. The van der Waals surface area contributed by atoms with Crippen LogP contribution < -0.4 is 5.32 Å². The van der Waals surface area contributed by atoms with E-state index in [0.29, 0.717) is 12.1 Å². The van der Waals surface area contributed by atoms with E-state index >= 15 is 0 Å². The molecule has 0 bridgehead atoms. The molecule has 0 saturated heterocycles. The normalized spacial score (nSPS) is 14.3. The van der Waals surface area contributed by atoms with E-state index in [1.165, 1.54) is 0 Å². The third-order valence-corrected chi connectivity index (χ3v) is 2.76. The van der Waals surface area contributed by atoms with Gasteiger partial charge >= 0.3 is 0 Å². The van der Waals surface area contributed by atoms with E-state index in [0.717, 1.165) is 5.95 Å². The molecular weight excluding hydrogens is 186 g/mol. The first-order chi connectivity index (χ1) is 6.82. The molecule has 3 nitrogen and oxygen atoms in total. The van der Waals surface area contributed by atoms with Crippen molar-refractivity contribution in [2.24, 2.45) is 5.41 Å². The van der Waals surface area contributed by atoms with E-state index in [2.05, 4.69) is 56.4 Å². The molecule has 86 valence electrons. The molecule has 1 rings (SSSR count). The van der Waals surface area contributed by atoms with Crippen molar-refractivity contribution in [2.45, 2.75) is 53.6 Å². The summed E-state index contributed by atoms with van der Waals surface area (Å²) in [5.74, 6) is 0.965. The van der Waals surface area contributed by atoms with Crippen LogP contribution in [0.2, 0.25) is 0 Å². The highest BCUT2D eigenvalue weighted by Crippen LogP contribution is 2.31. The monoisotopic (exact) mass is 209 g/mol. The van der Waals surface area contributed by atoms with Gasteiger partial charge < -0.3 is 9.88 Å². The van der Waals surface area contributed by atoms with Crippen molar-refractivity contribution in [1.29, 1.82) is 0 Å². The van der Waals surface area contributed by atoms with Crippen LogP contribution in [0.25, 0.3) is 0 Å². The van der Waals surface area contributed by atoms with Gasteiger partial charge in [-0.2, -0.15) is 0 Å². The average molecular weight is 209 g/mol. The maximum absolute atomic E-state index is 4.34. The summed E-state index contributed by atoms with van der Waals surface area (Å²) >= 11 is 0. The van der Waals surface area contributed by atoms with E-state index in [9.17, 15) is 0 Å². The Morgan fingerprint density at radius 3 is 2.33 bits per heavy atom. The fraction of sp³-hybridized carbons (Fsp3) is 0.750. The molecule has 1 aromatic heterocycles. The Bertz CT molecular complexity index is 307. The van der Waals surface area contributed by atoms with Gasteiger partial charge in [-0.15, -0.1) is 0 Å². The Labute approximate surface area is 92.9 Å². The van der Waals surface area contributed by atoms with Crippen LogP contribution in [0, 0.1) is 5.41 Å². The molecule has 1 atom stereocenters. The molecule has 0 aliphatic rings. The van der Waals surface area contributed by atoms with Crippen molar-refractivity contribution in [2.75, 3.05) is 5.32 Å². The molecule has 15 heavy (non-hydrogen) atoms. The minimum Gasteiger partial charge on any atom is -0.353 e. The SMILES string of the molecule is CC(C)Nc1nccn1C(C)C(C)(C)C. The van der Waals surface area contributed by atoms with E-state index in [4.69, 9.17) is 0 Å². The molecular formula is C12H23N3. The minimum atomic E-state index is 0.244. The van der Waals surface area contributed by atoms with Gasteiger partial charge in [0.25, 0.3) is 0 Å². The number of aromatic nitrogens is 2. The van der Waals surface area contributed by atoms with Crippen LogP contribution in [0.3, 0.4) is 0 Å². The van der Waals surface area contributed by atoms with Gasteiger partial charge in [0, 0.05) is 24.5 Å². The Balaban J connectivity index is 2.90. The smallest absolute Gasteiger partial charge is 0.203 e. The Morgan fingerprint density at radius 2 is 1.87 bits per heavy atom. The summed E-state index contributed by atoms with van der Waals surface area (Å²) in [5.41, 5.74) is 0.244. The number of imidazole rings is 1. The highest BCUT2D eigenvalue weighted by molar-refractivity contribution is 5.28. The summed E-state index contributed by atoms with van der Waals surface area (Å²) < 4.78 is 2.21. The van der Waals surface area contributed by atoms with E-state index in [-0.39, 0.29) is 5.41 Å². The van der Waals surface area contributed by atoms with Crippen molar-refractivity contribution < 1.29 is 0 Å². The van der Waals surface area contributed by atoms with Crippen LogP contribution in [0.1, 0.15) is 47.6 Å². The number of anilines is 1. The van der Waals surface area contributed by atoms with Crippen LogP contribution in [-0.2, 0) is 0 Å². The second kappa shape index (κ2) is 4.25. The predicted octanol–water partition coefficient (Wildman–Crippen LogP) is 3.31. The maximum Gasteiger partial charge on any atom is 0.203 e. The lowest BCUT2D eigenvalue weighted by Gasteiger charge is -2.30. The van der Waals surface area contributed by atoms with E-state index < -0.39 is 0 Å². The van der Waals surface area contributed by atoms with Crippen molar-refractivity contribution in [3.05, 3.63) is 12.4 Å². The lowest BCUT2D eigenvalue weighted by Crippen LogP contribution is -2.24. The molecule has 0 aliphatic carbocycles. The highest BCUT2D eigenvalue weighted by Gasteiger charge is 2.23. The minimum absolute atomic E-state index is 0.244. The number of rotatable bonds is 3. The predicted molar refractivity (Wildman–Crippen MR) is 65.2 cm³/mol. The zero-order valence-corrected chi connectivity index (χ0v) is 10.7. The van der Waals surface area contributed by atoms with Gasteiger partial charge in [-0.05, 0) is 26.2 Å². The van der Waals surface area contributed by atoms with Gasteiger partial charge in [-0.1, -0.05) is 20.8 Å². The van der Waals surface area contributed by atoms with E-state index in [1.807, 2.05) is 12.4 Å². The van der Waals surface area contributed by atoms with Gasteiger partial charge in [0.1, 0.15) is 0 Å². The van der Waals surface area contributed by atoms with Crippen molar-refractivity contribution in [1.82, 2.24) is 9.55 Å². The first-order valence-electron chi connectivity index (χ1n) is 5.61. The number of hydrogen-bond donors (Lipinski definition) is 1. The lowest BCUT2D eigenvalue weighted by molar-refractivity contribution is 0.264.